The Balaban J connectivity index is 2.02. The van der Waals surface area contributed by atoms with Crippen molar-refractivity contribution in [2.45, 2.75) is 33.6 Å². The number of halogens is 2. The Morgan fingerprint density at radius 1 is 1.23 bits per heavy atom. The summed E-state index contributed by atoms with van der Waals surface area (Å²) < 4.78 is 1.53. The topological polar surface area (TPSA) is 64.2 Å². The summed E-state index contributed by atoms with van der Waals surface area (Å²) in [6.07, 6.45) is 1.99. The lowest BCUT2D eigenvalue weighted by Crippen LogP contribution is -2.43. The molecule has 2 N–H and O–H groups in total. The minimum Gasteiger partial charge on any atom is -0.356 e. The van der Waals surface area contributed by atoms with Crippen LogP contribution < -0.4 is 16.2 Å². The lowest BCUT2D eigenvalue weighted by atomic mass is 9.80. The van der Waals surface area contributed by atoms with Crippen molar-refractivity contribution in [3.05, 3.63) is 50.0 Å². The van der Waals surface area contributed by atoms with Gasteiger partial charge in [0.1, 0.15) is 11.6 Å². The average molecular weight is 395 g/mol. The van der Waals surface area contributed by atoms with Gasteiger partial charge in [0.05, 0.1) is 21.3 Å². The monoisotopic (exact) mass is 394 g/mol. The van der Waals surface area contributed by atoms with Crippen LogP contribution in [0.4, 0.5) is 5.82 Å². The first-order valence-corrected chi connectivity index (χ1v) is 9.53. The molecule has 0 amide bonds. The van der Waals surface area contributed by atoms with E-state index in [1.165, 1.54) is 4.57 Å². The number of piperidine rings is 1. The highest BCUT2D eigenvalue weighted by molar-refractivity contribution is 6.43. The number of benzene rings is 1. The molecule has 1 aromatic carbocycles. The van der Waals surface area contributed by atoms with E-state index in [2.05, 4.69) is 11.8 Å². The highest BCUT2D eigenvalue weighted by atomic mass is 35.5. The van der Waals surface area contributed by atoms with Crippen molar-refractivity contribution in [3.63, 3.8) is 0 Å². The molecule has 140 valence electrons. The molecule has 0 spiro atoms. The fourth-order valence-corrected chi connectivity index (χ4v) is 3.80. The number of aromatic nitrogens is 2. The summed E-state index contributed by atoms with van der Waals surface area (Å²) in [4.78, 5) is 20.0. The summed E-state index contributed by atoms with van der Waals surface area (Å²) in [7, 11) is 0. The minimum absolute atomic E-state index is 0.121. The molecule has 3 rings (SSSR count). The second kappa shape index (κ2) is 7.22. The third kappa shape index (κ3) is 3.36. The van der Waals surface area contributed by atoms with Crippen molar-refractivity contribution < 1.29 is 0 Å². The Hall–Kier alpha value is -1.56. The molecule has 26 heavy (non-hydrogen) atoms. The Morgan fingerprint density at radius 2 is 1.88 bits per heavy atom. The predicted octanol–water partition coefficient (Wildman–Crippen LogP) is 3.72. The van der Waals surface area contributed by atoms with Crippen LogP contribution in [-0.4, -0.2) is 29.2 Å². The van der Waals surface area contributed by atoms with Crippen molar-refractivity contribution in [3.8, 4) is 5.69 Å². The van der Waals surface area contributed by atoms with E-state index in [1.54, 1.807) is 18.2 Å². The maximum Gasteiger partial charge on any atom is 0.263 e. The largest absolute Gasteiger partial charge is 0.356 e. The molecule has 1 fully saturated rings. The summed E-state index contributed by atoms with van der Waals surface area (Å²) in [6.45, 7) is 8.23. The number of aryl methyl sites for hydroxylation is 1. The van der Waals surface area contributed by atoms with Crippen LogP contribution in [0.5, 0.6) is 0 Å². The zero-order valence-electron chi connectivity index (χ0n) is 15.4. The predicted molar refractivity (Wildman–Crippen MR) is 108 cm³/mol. The molecule has 2 aromatic rings. The van der Waals surface area contributed by atoms with E-state index in [-0.39, 0.29) is 11.0 Å². The normalized spacial score (nSPS) is 16.8. The highest BCUT2D eigenvalue weighted by Crippen LogP contribution is 2.33. The van der Waals surface area contributed by atoms with Gasteiger partial charge in [-0.1, -0.05) is 36.2 Å². The van der Waals surface area contributed by atoms with Gasteiger partial charge < -0.3 is 10.6 Å². The number of anilines is 1. The van der Waals surface area contributed by atoms with Gasteiger partial charge in [-0.05, 0) is 50.8 Å². The SMILES string of the molecule is Cc1c(N2CCC(C)(CN)CC2)nc(C)n(-c2cccc(Cl)c2Cl)c1=O. The maximum absolute atomic E-state index is 13.1. The van der Waals surface area contributed by atoms with Crippen LogP contribution in [-0.2, 0) is 0 Å². The van der Waals surface area contributed by atoms with Gasteiger partial charge in [-0.3, -0.25) is 9.36 Å². The second-order valence-corrected chi connectivity index (χ2v) is 8.11. The van der Waals surface area contributed by atoms with Crippen molar-refractivity contribution >= 4 is 29.0 Å². The highest BCUT2D eigenvalue weighted by Gasteiger charge is 2.30. The van der Waals surface area contributed by atoms with E-state index in [9.17, 15) is 4.79 Å². The van der Waals surface area contributed by atoms with Crippen LogP contribution in [0.25, 0.3) is 5.69 Å². The van der Waals surface area contributed by atoms with Crippen LogP contribution in [0.1, 0.15) is 31.2 Å². The van der Waals surface area contributed by atoms with Gasteiger partial charge in [0.2, 0.25) is 0 Å². The van der Waals surface area contributed by atoms with Gasteiger partial charge in [-0.15, -0.1) is 0 Å². The molecule has 5 nitrogen and oxygen atoms in total. The van der Waals surface area contributed by atoms with Gasteiger partial charge in [0.25, 0.3) is 5.56 Å². The molecule has 0 bridgehead atoms. The Kier molecular flexibility index (Phi) is 5.33. The number of rotatable bonds is 3. The first kappa shape index (κ1) is 19.2. The molecule has 0 atom stereocenters. The summed E-state index contributed by atoms with van der Waals surface area (Å²) in [5, 5.41) is 0.763. The molecule has 1 aliphatic heterocycles. The Labute approximate surface area is 163 Å². The summed E-state index contributed by atoms with van der Waals surface area (Å²) in [5.41, 5.74) is 7.12. The molecule has 1 aromatic heterocycles. The quantitative estimate of drug-likeness (QED) is 0.861. The minimum atomic E-state index is -0.121. The van der Waals surface area contributed by atoms with Crippen molar-refractivity contribution in [1.29, 1.82) is 0 Å². The van der Waals surface area contributed by atoms with Crippen molar-refractivity contribution in [1.82, 2.24) is 9.55 Å². The molecular weight excluding hydrogens is 371 g/mol. The van der Waals surface area contributed by atoms with E-state index in [0.717, 1.165) is 31.7 Å². The standard InChI is InChI=1S/C19H24Cl2N4O/c1-12-17(24-9-7-19(3,11-22)8-10-24)23-13(2)25(18(12)26)15-6-4-5-14(20)16(15)21/h4-6H,7-11,22H2,1-3H3. The molecular formula is C19H24Cl2N4O. The third-order valence-corrected chi connectivity index (χ3v) is 6.19. The first-order chi connectivity index (χ1) is 12.3. The van der Waals surface area contributed by atoms with Crippen LogP contribution >= 0.6 is 23.2 Å². The number of nitrogens with two attached hydrogens (primary N) is 1. The number of nitrogens with zero attached hydrogens (tertiary/aromatic N) is 3. The third-order valence-electron chi connectivity index (χ3n) is 5.39. The molecule has 2 heterocycles. The van der Waals surface area contributed by atoms with Gasteiger partial charge in [-0.25, -0.2) is 4.98 Å². The molecule has 0 unspecified atom stereocenters. The zero-order chi connectivity index (χ0) is 19.1. The first-order valence-electron chi connectivity index (χ1n) is 8.77. The molecule has 0 radical (unpaired) electrons. The van der Waals surface area contributed by atoms with Gasteiger partial charge >= 0.3 is 0 Å². The molecule has 1 saturated heterocycles. The second-order valence-electron chi connectivity index (χ2n) is 7.32. The van der Waals surface area contributed by atoms with Gasteiger partial charge in [0.15, 0.2) is 0 Å². The zero-order valence-corrected chi connectivity index (χ0v) is 16.9. The van der Waals surface area contributed by atoms with E-state index in [0.29, 0.717) is 33.7 Å². The molecule has 1 aliphatic rings. The van der Waals surface area contributed by atoms with Crippen LogP contribution in [0.2, 0.25) is 10.0 Å². The maximum atomic E-state index is 13.1. The van der Waals surface area contributed by atoms with E-state index >= 15 is 0 Å². The van der Waals surface area contributed by atoms with Crippen LogP contribution in [0, 0.1) is 19.3 Å². The number of hydrogen-bond acceptors (Lipinski definition) is 4. The lowest BCUT2D eigenvalue weighted by Gasteiger charge is -2.39. The van der Waals surface area contributed by atoms with E-state index in [4.69, 9.17) is 33.9 Å². The summed E-state index contributed by atoms with van der Waals surface area (Å²) in [5.74, 6) is 1.34. The lowest BCUT2D eigenvalue weighted by molar-refractivity contribution is 0.257. The Morgan fingerprint density at radius 3 is 2.50 bits per heavy atom. The number of hydrogen-bond donors (Lipinski definition) is 1. The fourth-order valence-electron chi connectivity index (χ4n) is 3.42. The summed E-state index contributed by atoms with van der Waals surface area (Å²) in [6, 6.07) is 5.25. The fraction of sp³-hybridized carbons (Fsp3) is 0.474. The smallest absolute Gasteiger partial charge is 0.263 e. The van der Waals surface area contributed by atoms with E-state index < -0.39 is 0 Å². The van der Waals surface area contributed by atoms with Gasteiger partial charge in [-0.2, -0.15) is 0 Å². The average Bonchev–Trinajstić information content (AvgIpc) is 2.62. The van der Waals surface area contributed by atoms with Crippen LogP contribution in [0.3, 0.4) is 0 Å². The van der Waals surface area contributed by atoms with Gasteiger partial charge in [0, 0.05) is 13.1 Å². The summed E-state index contributed by atoms with van der Waals surface area (Å²) >= 11 is 12.4. The van der Waals surface area contributed by atoms with E-state index in [1.807, 2.05) is 13.8 Å². The van der Waals surface area contributed by atoms with Crippen molar-refractivity contribution in [2.24, 2.45) is 11.1 Å². The molecule has 0 aliphatic carbocycles. The molecule has 0 saturated carbocycles. The Bertz CT molecular complexity index is 886. The molecule has 7 heteroatoms. The van der Waals surface area contributed by atoms with Crippen LogP contribution in [0.15, 0.2) is 23.0 Å². The van der Waals surface area contributed by atoms with Crippen molar-refractivity contribution in [2.75, 3.05) is 24.5 Å².